The fourth-order valence-corrected chi connectivity index (χ4v) is 2.70. The van der Waals surface area contributed by atoms with E-state index >= 15 is 0 Å². The third kappa shape index (κ3) is 5.08. The average Bonchev–Trinajstić information content (AvgIpc) is 3.26. The topological polar surface area (TPSA) is 102 Å². The maximum atomic E-state index is 12.0. The van der Waals surface area contributed by atoms with Gasteiger partial charge in [-0.2, -0.15) is 10.2 Å². The number of nitrogens with zero attached hydrogens (tertiary/aromatic N) is 4. The molecule has 1 aromatic carbocycles. The molecule has 140 valence electrons. The minimum Gasteiger partial charge on any atom is -0.476 e. The highest BCUT2D eigenvalue weighted by atomic mass is 35.5. The van der Waals surface area contributed by atoms with E-state index in [2.05, 4.69) is 15.5 Å². The number of carboxylic acids is 1. The monoisotopic (exact) mass is 407 g/mol. The van der Waals surface area contributed by atoms with E-state index < -0.39 is 5.97 Å². The summed E-state index contributed by atoms with van der Waals surface area (Å²) in [6, 6.07) is 6.71. The molecule has 0 unspecified atom stereocenters. The fraction of sp³-hybridized carbons (Fsp3) is 0.176. The molecule has 0 bridgehead atoms. The van der Waals surface area contributed by atoms with Crippen LogP contribution in [0, 0.1) is 0 Å². The van der Waals surface area contributed by atoms with Gasteiger partial charge < -0.3 is 10.4 Å². The Morgan fingerprint density at radius 3 is 2.67 bits per heavy atom. The Morgan fingerprint density at radius 2 is 1.96 bits per heavy atom. The first-order chi connectivity index (χ1) is 12.9. The van der Waals surface area contributed by atoms with Gasteiger partial charge in [0.15, 0.2) is 5.69 Å². The zero-order valence-corrected chi connectivity index (χ0v) is 15.5. The van der Waals surface area contributed by atoms with Crippen LogP contribution in [0.2, 0.25) is 10.0 Å². The summed E-state index contributed by atoms with van der Waals surface area (Å²) in [5, 5.41) is 20.6. The highest BCUT2D eigenvalue weighted by Gasteiger charge is 2.09. The normalized spacial score (nSPS) is 10.7. The van der Waals surface area contributed by atoms with E-state index in [0.29, 0.717) is 22.3 Å². The van der Waals surface area contributed by atoms with E-state index in [9.17, 15) is 9.59 Å². The Bertz CT molecular complexity index is 983. The van der Waals surface area contributed by atoms with Crippen molar-refractivity contribution < 1.29 is 14.7 Å². The number of nitrogens with one attached hydrogen (secondary N) is 1. The summed E-state index contributed by atoms with van der Waals surface area (Å²) in [5.41, 5.74) is 1.43. The van der Waals surface area contributed by atoms with Crippen LogP contribution >= 0.6 is 23.2 Å². The lowest BCUT2D eigenvalue weighted by Gasteiger charge is -2.04. The first kappa shape index (κ1) is 18.9. The number of halogens is 2. The number of hydrogen-bond acceptors (Lipinski definition) is 4. The van der Waals surface area contributed by atoms with Gasteiger partial charge in [0.25, 0.3) is 0 Å². The van der Waals surface area contributed by atoms with Crippen LogP contribution in [0.3, 0.4) is 0 Å². The second-order valence-corrected chi connectivity index (χ2v) is 6.56. The number of amides is 1. The Labute approximate surface area is 164 Å². The Kier molecular flexibility index (Phi) is 5.78. The summed E-state index contributed by atoms with van der Waals surface area (Å²) in [4.78, 5) is 22.8. The molecule has 0 radical (unpaired) electrons. The zero-order valence-electron chi connectivity index (χ0n) is 14.0. The Morgan fingerprint density at radius 1 is 1.15 bits per heavy atom. The van der Waals surface area contributed by atoms with Gasteiger partial charge in [-0.25, -0.2) is 4.79 Å². The van der Waals surface area contributed by atoms with E-state index in [0.717, 1.165) is 5.56 Å². The molecule has 0 aliphatic heterocycles. The van der Waals surface area contributed by atoms with Crippen LogP contribution in [0.4, 0.5) is 5.69 Å². The van der Waals surface area contributed by atoms with Gasteiger partial charge in [0, 0.05) is 25.4 Å². The molecule has 0 atom stereocenters. The van der Waals surface area contributed by atoms with E-state index in [1.54, 1.807) is 29.2 Å². The number of benzene rings is 1. The van der Waals surface area contributed by atoms with Gasteiger partial charge in [0.1, 0.15) is 0 Å². The van der Waals surface area contributed by atoms with Gasteiger partial charge >= 0.3 is 5.97 Å². The van der Waals surface area contributed by atoms with Crippen molar-refractivity contribution in [1.29, 1.82) is 0 Å². The molecule has 2 aromatic heterocycles. The molecule has 10 heteroatoms. The van der Waals surface area contributed by atoms with E-state index in [-0.39, 0.29) is 24.6 Å². The molecule has 0 saturated carbocycles. The Balaban J connectivity index is 1.52. The molecule has 3 aromatic rings. The number of aromatic carboxylic acids is 1. The minimum absolute atomic E-state index is 0.0565. The van der Waals surface area contributed by atoms with Crippen LogP contribution in [0.1, 0.15) is 22.5 Å². The average molecular weight is 408 g/mol. The second kappa shape index (κ2) is 8.24. The minimum atomic E-state index is -1.10. The number of carbonyl (C=O) groups is 2. The van der Waals surface area contributed by atoms with E-state index in [4.69, 9.17) is 28.3 Å². The third-order valence-corrected chi connectivity index (χ3v) is 4.41. The molecule has 3 rings (SSSR count). The van der Waals surface area contributed by atoms with Crippen molar-refractivity contribution in [2.75, 3.05) is 5.32 Å². The van der Waals surface area contributed by atoms with Crippen molar-refractivity contribution in [2.24, 2.45) is 0 Å². The highest BCUT2D eigenvalue weighted by Crippen LogP contribution is 2.23. The first-order valence-corrected chi connectivity index (χ1v) is 8.69. The number of carboxylic acid groups (broad SMARTS) is 1. The molecule has 0 aliphatic carbocycles. The molecule has 0 saturated heterocycles. The number of aryl methyl sites for hydroxylation is 1. The molecular formula is C17H15Cl2N5O3. The number of hydrogen-bond donors (Lipinski definition) is 2. The molecule has 1 amide bonds. The summed E-state index contributed by atoms with van der Waals surface area (Å²) < 4.78 is 3.08. The summed E-state index contributed by atoms with van der Waals surface area (Å²) in [6.07, 6.45) is 4.92. The van der Waals surface area contributed by atoms with Crippen LogP contribution in [0.15, 0.2) is 42.9 Å². The van der Waals surface area contributed by atoms with Gasteiger partial charge in [-0.05, 0) is 23.8 Å². The van der Waals surface area contributed by atoms with Gasteiger partial charge in [-0.15, -0.1) is 0 Å². The lowest BCUT2D eigenvalue weighted by atomic mass is 10.2. The van der Waals surface area contributed by atoms with Crippen molar-refractivity contribution in [3.05, 3.63) is 64.2 Å². The standard InChI is InChI=1S/C17H15Cl2N5O3/c18-13-2-1-11(7-14(13)19)9-24-10-12(8-20-24)21-16(25)4-6-23-5-3-15(22-23)17(26)27/h1-3,5,7-8,10H,4,6,9H2,(H,21,25)(H,26,27). The van der Waals surface area contributed by atoms with Gasteiger partial charge in [0.2, 0.25) is 5.91 Å². The quantitative estimate of drug-likeness (QED) is 0.625. The smallest absolute Gasteiger partial charge is 0.356 e. The lowest BCUT2D eigenvalue weighted by molar-refractivity contribution is -0.116. The molecule has 2 N–H and O–H groups in total. The maximum Gasteiger partial charge on any atom is 0.356 e. The highest BCUT2D eigenvalue weighted by molar-refractivity contribution is 6.42. The number of rotatable bonds is 7. The Hall–Kier alpha value is -2.84. The molecule has 2 heterocycles. The lowest BCUT2D eigenvalue weighted by Crippen LogP contribution is -2.14. The molecule has 27 heavy (non-hydrogen) atoms. The predicted molar refractivity (Wildman–Crippen MR) is 100 cm³/mol. The van der Waals surface area contributed by atoms with Crippen molar-refractivity contribution in [2.45, 2.75) is 19.5 Å². The van der Waals surface area contributed by atoms with Gasteiger partial charge in [-0.3, -0.25) is 14.2 Å². The summed E-state index contributed by atoms with van der Waals surface area (Å²) >= 11 is 11.9. The van der Waals surface area contributed by atoms with Crippen LogP contribution in [0.5, 0.6) is 0 Å². The van der Waals surface area contributed by atoms with Crippen LogP contribution in [0.25, 0.3) is 0 Å². The molecule has 8 nitrogen and oxygen atoms in total. The van der Waals surface area contributed by atoms with Crippen molar-refractivity contribution >= 4 is 40.8 Å². The van der Waals surface area contributed by atoms with Crippen molar-refractivity contribution in [3.8, 4) is 0 Å². The molecular weight excluding hydrogens is 393 g/mol. The molecule has 0 spiro atoms. The summed E-state index contributed by atoms with van der Waals surface area (Å²) in [5.74, 6) is -1.33. The van der Waals surface area contributed by atoms with E-state index in [1.807, 2.05) is 6.07 Å². The third-order valence-electron chi connectivity index (χ3n) is 3.67. The number of aromatic nitrogens is 4. The van der Waals surface area contributed by atoms with Gasteiger partial charge in [0.05, 0.1) is 28.5 Å². The van der Waals surface area contributed by atoms with E-state index in [1.165, 1.54) is 16.9 Å². The second-order valence-electron chi connectivity index (χ2n) is 5.74. The predicted octanol–water partition coefficient (Wildman–Crippen LogP) is 3.16. The maximum absolute atomic E-state index is 12.0. The van der Waals surface area contributed by atoms with Crippen LogP contribution in [-0.4, -0.2) is 36.5 Å². The number of anilines is 1. The SMILES string of the molecule is O=C(CCn1ccc(C(=O)O)n1)Nc1cnn(Cc2ccc(Cl)c(Cl)c2)c1. The fourth-order valence-electron chi connectivity index (χ4n) is 2.38. The van der Waals surface area contributed by atoms with Gasteiger partial charge in [-0.1, -0.05) is 29.3 Å². The van der Waals surface area contributed by atoms with Crippen LogP contribution < -0.4 is 5.32 Å². The molecule has 0 aliphatic rings. The largest absolute Gasteiger partial charge is 0.476 e. The van der Waals surface area contributed by atoms with Crippen molar-refractivity contribution in [1.82, 2.24) is 19.6 Å². The first-order valence-electron chi connectivity index (χ1n) is 7.93. The summed E-state index contributed by atoms with van der Waals surface area (Å²) in [6.45, 7) is 0.758. The molecule has 0 fully saturated rings. The zero-order chi connectivity index (χ0) is 19.4. The van der Waals surface area contributed by atoms with Crippen molar-refractivity contribution in [3.63, 3.8) is 0 Å². The summed E-state index contributed by atoms with van der Waals surface area (Å²) in [7, 11) is 0. The number of carbonyl (C=O) groups excluding carboxylic acids is 1. The van der Waals surface area contributed by atoms with Crippen LogP contribution in [-0.2, 0) is 17.9 Å².